The fourth-order valence-electron chi connectivity index (χ4n) is 2.11. The van der Waals surface area contributed by atoms with Gasteiger partial charge >= 0.3 is 0 Å². The molecule has 2 aliphatic rings. The van der Waals surface area contributed by atoms with Crippen molar-refractivity contribution >= 4 is 11.7 Å². The summed E-state index contributed by atoms with van der Waals surface area (Å²) < 4.78 is 25.2. The highest BCUT2D eigenvalue weighted by Gasteiger charge is 2.62. The van der Waals surface area contributed by atoms with Crippen LogP contribution in [0.5, 0.6) is 0 Å². The first-order chi connectivity index (χ1) is 5.94. The fraction of sp³-hybridized carbons (Fsp3) is 0.750. The van der Waals surface area contributed by atoms with Gasteiger partial charge in [-0.15, -0.1) is 0 Å². The van der Waals surface area contributed by atoms with Gasteiger partial charge in [-0.1, -0.05) is 0 Å². The second kappa shape index (κ2) is 2.27. The summed E-state index contributed by atoms with van der Waals surface area (Å²) in [5.74, 6) is -3.30. The smallest absolute Gasteiger partial charge is 0.250 e. The zero-order valence-corrected chi connectivity index (χ0v) is 6.90. The van der Waals surface area contributed by atoms with Gasteiger partial charge in [0.2, 0.25) is 11.8 Å². The van der Waals surface area contributed by atoms with Gasteiger partial charge in [-0.05, 0) is 0 Å². The van der Waals surface area contributed by atoms with Crippen LogP contribution >= 0.6 is 0 Å². The van der Waals surface area contributed by atoms with E-state index in [-0.39, 0.29) is 18.7 Å². The highest BCUT2D eigenvalue weighted by molar-refractivity contribution is 5.97. The fourth-order valence-corrected chi connectivity index (χ4v) is 2.11. The number of ketones is 1. The van der Waals surface area contributed by atoms with Crippen LogP contribution in [0.3, 0.4) is 0 Å². The lowest BCUT2D eigenvalue weighted by molar-refractivity contribution is -0.185. The van der Waals surface area contributed by atoms with Crippen LogP contribution in [0.2, 0.25) is 0 Å². The summed E-state index contributed by atoms with van der Waals surface area (Å²) in [6.45, 7) is -0.00778. The van der Waals surface area contributed by atoms with E-state index in [9.17, 15) is 18.4 Å². The summed E-state index contributed by atoms with van der Waals surface area (Å²) in [6, 6.07) is 0. The van der Waals surface area contributed by atoms with Crippen LogP contribution in [0.4, 0.5) is 8.78 Å². The molecule has 5 heteroatoms. The quantitative estimate of drug-likeness (QED) is 0.602. The second-order valence-electron chi connectivity index (χ2n) is 3.89. The largest absolute Gasteiger partial charge is 0.349 e. The first-order valence-corrected chi connectivity index (χ1v) is 4.11. The van der Waals surface area contributed by atoms with Gasteiger partial charge in [0, 0.05) is 19.3 Å². The summed E-state index contributed by atoms with van der Waals surface area (Å²) in [5.41, 5.74) is -1.08. The molecule has 0 aromatic carbocycles. The van der Waals surface area contributed by atoms with Crippen molar-refractivity contribution in [1.82, 2.24) is 5.32 Å². The first kappa shape index (κ1) is 8.59. The number of halogens is 2. The Morgan fingerprint density at radius 2 is 1.85 bits per heavy atom. The molecule has 1 aliphatic carbocycles. The molecule has 0 aromatic rings. The van der Waals surface area contributed by atoms with Crippen molar-refractivity contribution in [3.63, 3.8) is 0 Å². The molecule has 0 aromatic heterocycles. The first-order valence-electron chi connectivity index (χ1n) is 4.11. The monoisotopic (exact) mass is 189 g/mol. The topological polar surface area (TPSA) is 46.2 Å². The van der Waals surface area contributed by atoms with Crippen molar-refractivity contribution in [2.24, 2.45) is 5.41 Å². The van der Waals surface area contributed by atoms with E-state index < -0.39 is 30.1 Å². The van der Waals surface area contributed by atoms with E-state index in [0.29, 0.717) is 0 Å². The number of carbonyl (C=O) groups is 2. The molecule has 1 heterocycles. The maximum absolute atomic E-state index is 12.6. The Bertz CT molecular complexity index is 280. The van der Waals surface area contributed by atoms with Crippen LogP contribution in [0.1, 0.15) is 19.3 Å². The summed E-state index contributed by atoms with van der Waals surface area (Å²) in [7, 11) is 0. The molecule has 1 amide bonds. The summed E-state index contributed by atoms with van der Waals surface area (Å²) in [4.78, 5) is 22.2. The van der Waals surface area contributed by atoms with Crippen molar-refractivity contribution in [2.45, 2.75) is 25.2 Å². The minimum absolute atomic E-state index is 0.00778. The van der Waals surface area contributed by atoms with E-state index in [1.165, 1.54) is 0 Å². The van der Waals surface area contributed by atoms with E-state index in [1.807, 2.05) is 0 Å². The van der Waals surface area contributed by atoms with Crippen LogP contribution in [0.15, 0.2) is 0 Å². The van der Waals surface area contributed by atoms with Crippen LogP contribution in [0.25, 0.3) is 0 Å². The molecule has 3 nitrogen and oxygen atoms in total. The van der Waals surface area contributed by atoms with Crippen molar-refractivity contribution in [2.75, 3.05) is 6.54 Å². The third kappa shape index (κ3) is 1.22. The Balaban J connectivity index is 2.14. The molecule has 2 fully saturated rings. The van der Waals surface area contributed by atoms with Crippen LogP contribution in [-0.4, -0.2) is 24.2 Å². The average Bonchev–Trinajstić information content (AvgIpc) is 1.93. The number of rotatable bonds is 0. The summed E-state index contributed by atoms with van der Waals surface area (Å²) in [5, 5.41) is 2.34. The van der Waals surface area contributed by atoms with Crippen LogP contribution in [0, 0.1) is 5.41 Å². The van der Waals surface area contributed by atoms with Gasteiger partial charge in [-0.2, -0.15) is 0 Å². The Hall–Kier alpha value is -1.00. The number of piperidine rings is 1. The van der Waals surface area contributed by atoms with E-state index in [0.717, 1.165) is 0 Å². The lowest BCUT2D eigenvalue weighted by Gasteiger charge is -2.47. The van der Waals surface area contributed by atoms with Crippen molar-refractivity contribution < 1.29 is 18.4 Å². The predicted octanol–water partition coefficient (Wildman–Crippen LogP) is 0.491. The van der Waals surface area contributed by atoms with E-state index >= 15 is 0 Å². The Labute approximate surface area is 73.5 Å². The van der Waals surface area contributed by atoms with Gasteiger partial charge < -0.3 is 5.32 Å². The SMILES string of the molecule is O=C1CNC(=O)C2(C1)CC(F)(F)C2. The highest BCUT2D eigenvalue weighted by atomic mass is 19.3. The number of alkyl halides is 2. The number of hydrogen-bond donors (Lipinski definition) is 1. The minimum Gasteiger partial charge on any atom is -0.349 e. The van der Waals surface area contributed by atoms with Gasteiger partial charge in [0.05, 0.1) is 12.0 Å². The number of Topliss-reactive ketones (excluding diaryl/α,β-unsaturated/α-hetero) is 1. The molecular formula is C8H9F2NO2. The van der Waals surface area contributed by atoms with E-state index in [4.69, 9.17) is 0 Å². The molecular weight excluding hydrogens is 180 g/mol. The van der Waals surface area contributed by atoms with Gasteiger partial charge in [0.25, 0.3) is 0 Å². The molecule has 1 saturated heterocycles. The van der Waals surface area contributed by atoms with E-state index in [2.05, 4.69) is 5.32 Å². The molecule has 0 radical (unpaired) electrons. The maximum atomic E-state index is 12.6. The number of nitrogens with one attached hydrogen (secondary N) is 1. The van der Waals surface area contributed by atoms with Crippen molar-refractivity contribution in [1.29, 1.82) is 0 Å². The van der Waals surface area contributed by atoms with Gasteiger partial charge in [-0.3, -0.25) is 9.59 Å². The van der Waals surface area contributed by atoms with Crippen LogP contribution < -0.4 is 5.32 Å². The zero-order valence-electron chi connectivity index (χ0n) is 6.90. The van der Waals surface area contributed by atoms with E-state index in [1.54, 1.807) is 0 Å². The number of hydrogen-bond acceptors (Lipinski definition) is 2. The highest BCUT2D eigenvalue weighted by Crippen LogP contribution is 2.54. The molecule has 72 valence electrons. The molecule has 0 bridgehead atoms. The predicted molar refractivity (Wildman–Crippen MR) is 39.2 cm³/mol. The van der Waals surface area contributed by atoms with Gasteiger partial charge in [0.1, 0.15) is 0 Å². The molecule has 0 atom stereocenters. The third-order valence-corrected chi connectivity index (χ3v) is 2.66. The minimum atomic E-state index is -2.76. The molecule has 13 heavy (non-hydrogen) atoms. The molecule has 1 N–H and O–H groups in total. The zero-order chi connectivity index (χ0) is 9.69. The van der Waals surface area contributed by atoms with Gasteiger partial charge in [-0.25, -0.2) is 8.78 Å². The number of carbonyl (C=O) groups excluding carboxylic acids is 2. The summed E-state index contributed by atoms with van der Waals surface area (Å²) >= 11 is 0. The van der Waals surface area contributed by atoms with Gasteiger partial charge in [0.15, 0.2) is 5.78 Å². The Morgan fingerprint density at radius 1 is 1.23 bits per heavy atom. The lowest BCUT2D eigenvalue weighted by atomic mass is 9.61. The van der Waals surface area contributed by atoms with Crippen molar-refractivity contribution in [3.8, 4) is 0 Å². The molecule has 1 saturated carbocycles. The standard InChI is InChI=1S/C8H9F2NO2/c9-8(10)3-7(4-8)1-5(12)2-11-6(7)13/h1-4H2,(H,11,13). The number of amides is 1. The molecule has 1 spiro atoms. The Kier molecular flexibility index (Phi) is 1.50. The molecule has 2 rings (SSSR count). The maximum Gasteiger partial charge on any atom is 0.250 e. The lowest BCUT2D eigenvalue weighted by Crippen LogP contribution is -2.60. The Morgan fingerprint density at radius 3 is 2.38 bits per heavy atom. The van der Waals surface area contributed by atoms with Crippen molar-refractivity contribution in [3.05, 3.63) is 0 Å². The third-order valence-electron chi connectivity index (χ3n) is 2.66. The van der Waals surface area contributed by atoms with Crippen LogP contribution in [-0.2, 0) is 9.59 Å². The molecule has 0 unspecified atom stereocenters. The second-order valence-corrected chi connectivity index (χ2v) is 3.89. The normalized spacial score (nSPS) is 29.7. The summed E-state index contributed by atoms with van der Waals surface area (Å²) in [6.07, 6.45) is -0.969. The average molecular weight is 189 g/mol. The molecule has 1 aliphatic heterocycles.